The lowest BCUT2D eigenvalue weighted by atomic mass is 10.4. The van der Waals surface area contributed by atoms with Gasteiger partial charge in [-0.2, -0.15) is 0 Å². The highest BCUT2D eigenvalue weighted by atomic mass is 32.1. The van der Waals surface area contributed by atoms with Gasteiger partial charge in [0.15, 0.2) is 4.77 Å². The van der Waals surface area contributed by atoms with Gasteiger partial charge in [0.1, 0.15) is 0 Å². The van der Waals surface area contributed by atoms with Crippen LogP contribution >= 0.6 is 12.2 Å². The van der Waals surface area contributed by atoms with Crippen LogP contribution in [0.4, 0.5) is 5.95 Å². The molecule has 0 unspecified atom stereocenters. The summed E-state index contributed by atoms with van der Waals surface area (Å²) in [7, 11) is 0. The van der Waals surface area contributed by atoms with Crippen LogP contribution in [0.15, 0.2) is 0 Å². The summed E-state index contributed by atoms with van der Waals surface area (Å²) in [5, 5.41) is 7.30. The molecule has 1 aromatic rings. The Labute approximate surface area is 102 Å². The van der Waals surface area contributed by atoms with E-state index >= 15 is 0 Å². The topological polar surface area (TPSA) is 36.9 Å². The van der Waals surface area contributed by atoms with Crippen LogP contribution in [0.2, 0.25) is 0 Å². The summed E-state index contributed by atoms with van der Waals surface area (Å²) in [6, 6.07) is 0.695. The summed E-state index contributed by atoms with van der Waals surface area (Å²) in [5.74, 6) is 1.04. The Hall–Kier alpha value is -0.840. The van der Waals surface area contributed by atoms with Crippen molar-refractivity contribution in [2.24, 2.45) is 0 Å². The molecule has 4 nitrogen and oxygen atoms in total. The van der Waals surface area contributed by atoms with E-state index in [9.17, 15) is 0 Å². The minimum absolute atomic E-state index is 0.695. The molecular formula is C11H20N4S. The zero-order valence-corrected chi connectivity index (χ0v) is 10.9. The predicted octanol–water partition coefficient (Wildman–Crippen LogP) is 2.73. The first-order valence-corrected chi connectivity index (χ1v) is 6.60. The summed E-state index contributed by atoms with van der Waals surface area (Å²) < 4.78 is 2.88. The highest BCUT2D eigenvalue weighted by Crippen LogP contribution is 2.30. The van der Waals surface area contributed by atoms with Crippen molar-refractivity contribution in [3.63, 3.8) is 0 Å². The van der Waals surface area contributed by atoms with Gasteiger partial charge in [-0.15, -0.1) is 5.10 Å². The number of aromatic amines is 1. The molecule has 0 atom stereocenters. The van der Waals surface area contributed by atoms with Crippen LogP contribution in [-0.4, -0.2) is 27.4 Å². The molecular weight excluding hydrogens is 220 g/mol. The lowest BCUT2D eigenvalue weighted by molar-refractivity contribution is 0.633. The average Bonchev–Trinajstić information content (AvgIpc) is 3.04. The lowest BCUT2D eigenvalue weighted by Gasteiger charge is -2.22. The van der Waals surface area contributed by atoms with Crippen molar-refractivity contribution in [1.29, 1.82) is 0 Å². The highest BCUT2D eigenvalue weighted by Gasteiger charge is 2.31. The number of H-pyrrole nitrogens is 1. The molecule has 16 heavy (non-hydrogen) atoms. The van der Waals surface area contributed by atoms with E-state index in [4.69, 9.17) is 12.2 Å². The van der Waals surface area contributed by atoms with E-state index in [0.717, 1.165) is 36.7 Å². The molecule has 1 aliphatic carbocycles. The third kappa shape index (κ3) is 2.29. The van der Waals surface area contributed by atoms with Crippen molar-refractivity contribution >= 4 is 18.2 Å². The Balaban J connectivity index is 2.25. The standard InChI is InChI=1S/C11H20N4S/c1-3-7-14(9-5-6-9)10-12-13-11(16)15(10)8-4-2/h9H,3-8H2,1-2H3,(H,13,16). The van der Waals surface area contributed by atoms with Crippen LogP contribution in [-0.2, 0) is 6.54 Å². The maximum Gasteiger partial charge on any atom is 0.225 e. The Morgan fingerprint density at radius 1 is 1.44 bits per heavy atom. The second kappa shape index (κ2) is 4.99. The molecule has 0 amide bonds. The number of nitrogens with zero attached hydrogens (tertiary/aromatic N) is 3. The van der Waals surface area contributed by atoms with Crippen LogP contribution in [0, 0.1) is 4.77 Å². The Morgan fingerprint density at radius 2 is 2.19 bits per heavy atom. The van der Waals surface area contributed by atoms with E-state index in [1.807, 2.05) is 0 Å². The maximum atomic E-state index is 5.27. The van der Waals surface area contributed by atoms with Gasteiger partial charge < -0.3 is 4.90 Å². The predicted molar refractivity (Wildman–Crippen MR) is 68.4 cm³/mol. The number of rotatable bonds is 6. The fraction of sp³-hybridized carbons (Fsp3) is 0.818. The van der Waals surface area contributed by atoms with Crippen LogP contribution in [0.3, 0.4) is 0 Å². The fourth-order valence-corrected chi connectivity index (χ4v) is 2.25. The van der Waals surface area contributed by atoms with E-state index in [0.29, 0.717) is 6.04 Å². The average molecular weight is 240 g/mol. The van der Waals surface area contributed by atoms with Crippen molar-refractivity contribution in [3.8, 4) is 0 Å². The molecule has 1 N–H and O–H groups in total. The van der Waals surface area contributed by atoms with Crippen LogP contribution < -0.4 is 4.90 Å². The largest absolute Gasteiger partial charge is 0.338 e. The summed E-state index contributed by atoms with van der Waals surface area (Å²) in [6.45, 7) is 6.41. The third-order valence-electron chi connectivity index (χ3n) is 2.89. The molecule has 0 aliphatic heterocycles. The normalized spacial score (nSPS) is 15.4. The van der Waals surface area contributed by atoms with Crippen LogP contribution in [0.1, 0.15) is 39.5 Å². The van der Waals surface area contributed by atoms with Gasteiger partial charge in [0.25, 0.3) is 0 Å². The number of hydrogen-bond donors (Lipinski definition) is 1. The van der Waals surface area contributed by atoms with Gasteiger partial charge >= 0.3 is 0 Å². The number of anilines is 1. The van der Waals surface area contributed by atoms with Gasteiger partial charge in [0.2, 0.25) is 5.95 Å². The first-order chi connectivity index (χ1) is 7.77. The Kier molecular flexibility index (Phi) is 3.63. The summed E-state index contributed by atoms with van der Waals surface area (Å²) >= 11 is 5.27. The molecule has 2 rings (SSSR count). The summed E-state index contributed by atoms with van der Waals surface area (Å²) in [4.78, 5) is 2.40. The van der Waals surface area contributed by atoms with Gasteiger partial charge in [-0.1, -0.05) is 13.8 Å². The van der Waals surface area contributed by atoms with Crippen LogP contribution in [0.5, 0.6) is 0 Å². The van der Waals surface area contributed by atoms with Gasteiger partial charge in [0, 0.05) is 19.1 Å². The Bertz CT molecular complexity index is 391. The second-order valence-corrected chi connectivity index (χ2v) is 4.79. The molecule has 0 radical (unpaired) electrons. The number of aromatic nitrogens is 3. The summed E-state index contributed by atoms with van der Waals surface area (Å²) in [5.41, 5.74) is 0. The lowest BCUT2D eigenvalue weighted by Crippen LogP contribution is -2.29. The van der Waals surface area contributed by atoms with Crippen molar-refractivity contribution < 1.29 is 0 Å². The molecule has 1 saturated carbocycles. The molecule has 1 heterocycles. The molecule has 0 spiro atoms. The molecule has 90 valence electrons. The van der Waals surface area contributed by atoms with E-state index in [1.54, 1.807) is 0 Å². The first-order valence-electron chi connectivity index (χ1n) is 6.19. The van der Waals surface area contributed by atoms with Crippen molar-refractivity contribution in [1.82, 2.24) is 14.8 Å². The summed E-state index contributed by atoms with van der Waals surface area (Å²) in [6.07, 6.45) is 4.84. The number of hydrogen-bond acceptors (Lipinski definition) is 3. The van der Waals surface area contributed by atoms with Gasteiger partial charge in [-0.25, -0.2) is 5.10 Å². The van der Waals surface area contributed by atoms with E-state index in [-0.39, 0.29) is 0 Å². The molecule has 1 aliphatic rings. The van der Waals surface area contributed by atoms with Gasteiger partial charge in [-0.05, 0) is 37.9 Å². The first kappa shape index (κ1) is 11.6. The minimum atomic E-state index is 0.695. The second-order valence-electron chi connectivity index (χ2n) is 4.40. The quantitative estimate of drug-likeness (QED) is 0.777. The van der Waals surface area contributed by atoms with E-state index in [2.05, 4.69) is 33.5 Å². The van der Waals surface area contributed by atoms with E-state index < -0.39 is 0 Å². The monoisotopic (exact) mass is 240 g/mol. The fourth-order valence-electron chi connectivity index (χ4n) is 2.03. The van der Waals surface area contributed by atoms with Gasteiger partial charge in [-0.3, -0.25) is 4.57 Å². The SMILES string of the molecule is CCCN(c1n[nH]c(=S)n1CCC)C1CC1. The van der Waals surface area contributed by atoms with Gasteiger partial charge in [0.05, 0.1) is 0 Å². The molecule has 0 bridgehead atoms. The van der Waals surface area contributed by atoms with E-state index in [1.165, 1.54) is 12.8 Å². The Morgan fingerprint density at radius 3 is 2.75 bits per heavy atom. The highest BCUT2D eigenvalue weighted by molar-refractivity contribution is 7.71. The van der Waals surface area contributed by atoms with Crippen LogP contribution in [0.25, 0.3) is 0 Å². The third-order valence-corrected chi connectivity index (χ3v) is 3.21. The van der Waals surface area contributed by atoms with Crippen molar-refractivity contribution in [3.05, 3.63) is 4.77 Å². The van der Waals surface area contributed by atoms with Crippen molar-refractivity contribution in [2.75, 3.05) is 11.4 Å². The smallest absolute Gasteiger partial charge is 0.225 e. The number of nitrogens with one attached hydrogen (secondary N) is 1. The zero-order chi connectivity index (χ0) is 11.5. The zero-order valence-electron chi connectivity index (χ0n) is 10.1. The molecule has 5 heteroatoms. The van der Waals surface area contributed by atoms with Crippen molar-refractivity contribution in [2.45, 2.75) is 52.1 Å². The molecule has 1 fully saturated rings. The molecule has 0 saturated heterocycles. The minimum Gasteiger partial charge on any atom is -0.338 e. The molecule has 1 aromatic heterocycles. The maximum absolute atomic E-state index is 5.27. The molecule has 0 aromatic carbocycles.